The van der Waals surface area contributed by atoms with Crippen molar-refractivity contribution in [3.63, 3.8) is 0 Å². The van der Waals surface area contributed by atoms with E-state index in [-0.39, 0.29) is 34.1 Å². The van der Waals surface area contributed by atoms with Crippen LogP contribution in [0.2, 0.25) is 19.6 Å². The van der Waals surface area contributed by atoms with Crippen molar-refractivity contribution in [2.45, 2.75) is 39.4 Å². The van der Waals surface area contributed by atoms with Crippen molar-refractivity contribution >= 4 is 36.3 Å². The summed E-state index contributed by atoms with van der Waals surface area (Å²) in [5.74, 6) is -0.613. The van der Waals surface area contributed by atoms with E-state index in [4.69, 9.17) is 10.2 Å². The first kappa shape index (κ1) is 18.7. The molecule has 2 aromatic carbocycles. The van der Waals surface area contributed by atoms with Gasteiger partial charge in [0, 0.05) is 29.0 Å². The van der Waals surface area contributed by atoms with Gasteiger partial charge < -0.3 is 15.3 Å². The minimum Gasteiger partial charge on any atom is -0.547 e. The van der Waals surface area contributed by atoms with Crippen LogP contribution in [0.15, 0.2) is 35.6 Å². The number of rotatable bonds is 2. The van der Waals surface area contributed by atoms with Gasteiger partial charge in [-0.15, -0.1) is 0 Å². The smallest absolute Gasteiger partial charge is 0.241 e. The van der Waals surface area contributed by atoms with Gasteiger partial charge in [-0.05, 0) is 38.6 Å². The van der Waals surface area contributed by atoms with Crippen LogP contribution in [0.4, 0.5) is 5.69 Å². The Morgan fingerprint density at radius 2 is 1.57 bits per heavy atom. The average Bonchev–Trinajstić information content (AvgIpc) is 2.63. The maximum Gasteiger partial charge on any atom is 0.241 e. The van der Waals surface area contributed by atoms with E-state index in [1.54, 1.807) is 24.3 Å². The molecular weight excluding hydrogens is 370 g/mol. The molecule has 0 saturated heterocycles. The van der Waals surface area contributed by atoms with E-state index in [9.17, 15) is 14.7 Å². The Morgan fingerprint density at radius 1 is 1.00 bits per heavy atom. The van der Waals surface area contributed by atoms with Crippen molar-refractivity contribution in [3.05, 3.63) is 46.7 Å². The third kappa shape index (κ3) is 2.74. The molecule has 28 heavy (non-hydrogen) atoms. The van der Waals surface area contributed by atoms with Crippen LogP contribution in [0.3, 0.4) is 0 Å². The molecule has 0 aliphatic heterocycles. The maximum atomic E-state index is 13.4. The number of fused-ring (bicyclic) bond motifs is 3. The highest BCUT2D eigenvalue weighted by Gasteiger charge is 2.47. The van der Waals surface area contributed by atoms with Gasteiger partial charge in [0.2, 0.25) is 8.32 Å². The van der Waals surface area contributed by atoms with Gasteiger partial charge in [0.15, 0.2) is 11.6 Å². The zero-order valence-electron chi connectivity index (χ0n) is 16.6. The van der Waals surface area contributed by atoms with E-state index in [0.29, 0.717) is 23.6 Å². The number of hydrogen-bond acceptors (Lipinski definition) is 5. The fraction of sp³-hybridized carbons (Fsp3) is 0.364. The summed E-state index contributed by atoms with van der Waals surface area (Å²) in [4.78, 5) is 26.7. The van der Waals surface area contributed by atoms with Crippen molar-refractivity contribution < 1.29 is 19.1 Å². The Kier molecular flexibility index (Phi) is 4.15. The van der Waals surface area contributed by atoms with Crippen LogP contribution < -0.4 is 5.73 Å². The predicted octanol–water partition coefficient (Wildman–Crippen LogP) is 4.66. The minimum absolute atomic E-state index is 0.0878. The maximum absolute atomic E-state index is 13.4. The number of carbonyl (C=O) groups is 2. The Labute approximate surface area is 165 Å². The van der Waals surface area contributed by atoms with Crippen LogP contribution in [0.25, 0.3) is 10.8 Å². The molecule has 3 N–H and O–H groups in total. The number of allylic oxidation sites excluding steroid dienone is 2. The molecule has 0 heterocycles. The molecule has 2 atom stereocenters. The lowest BCUT2D eigenvalue weighted by Gasteiger charge is -2.38. The normalized spacial score (nSPS) is 22.3. The first-order chi connectivity index (χ1) is 13.1. The van der Waals surface area contributed by atoms with Gasteiger partial charge in [-0.25, -0.2) is 0 Å². The van der Waals surface area contributed by atoms with Gasteiger partial charge in [-0.3, -0.25) is 9.59 Å². The summed E-state index contributed by atoms with van der Waals surface area (Å²) in [6, 6.07) is 7.06. The predicted molar refractivity (Wildman–Crippen MR) is 112 cm³/mol. The zero-order chi connectivity index (χ0) is 20.4. The van der Waals surface area contributed by atoms with Crippen molar-refractivity contribution in [3.8, 4) is 5.75 Å². The highest BCUT2D eigenvalue weighted by molar-refractivity contribution is 6.70. The topological polar surface area (TPSA) is 89.6 Å². The van der Waals surface area contributed by atoms with Crippen molar-refractivity contribution in [2.24, 2.45) is 11.8 Å². The molecule has 0 saturated carbocycles. The lowest BCUT2D eigenvalue weighted by Crippen LogP contribution is -2.41. The van der Waals surface area contributed by atoms with Gasteiger partial charge in [0.25, 0.3) is 0 Å². The zero-order valence-corrected chi connectivity index (χ0v) is 17.6. The molecule has 0 aromatic heterocycles. The molecule has 0 unspecified atom stereocenters. The Hall–Kier alpha value is -2.60. The highest BCUT2D eigenvalue weighted by Crippen LogP contribution is 2.48. The first-order valence-electron chi connectivity index (χ1n) is 9.59. The molecule has 5 nitrogen and oxygen atoms in total. The fourth-order valence-electron chi connectivity index (χ4n) is 4.46. The van der Waals surface area contributed by atoms with Gasteiger partial charge in [0.1, 0.15) is 5.75 Å². The second-order valence-electron chi connectivity index (χ2n) is 8.83. The van der Waals surface area contributed by atoms with Crippen LogP contribution in [0, 0.1) is 11.8 Å². The lowest BCUT2D eigenvalue weighted by molar-refractivity contribution is 0.0703. The van der Waals surface area contributed by atoms with Crippen LogP contribution in [0.5, 0.6) is 5.75 Å². The molecule has 146 valence electrons. The molecule has 2 aliphatic carbocycles. The van der Waals surface area contributed by atoms with Crippen molar-refractivity contribution in [2.75, 3.05) is 5.73 Å². The quantitative estimate of drug-likeness (QED) is 0.438. The van der Waals surface area contributed by atoms with Gasteiger partial charge in [-0.2, -0.15) is 0 Å². The van der Waals surface area contributed by atoms with Crippen LogP contribution in [-0.2, 0) is 4.43 Å². The Morgan fingerprint density at radius 3 is 2.21 bits per heavy atom. The van der Waals surface area contributed by atoms with Gasteiger partial charge in [0.05, 0.1) is 22.6 Å². The standard InChI is InChI=1S/C22H25NO4Si/c1-11-9-14-15(10-16(11)27-28(2,3)4)21(25)17-18(22(14)26)20(24)13-8-6-5-7-12(13)19(17)23/h5-8,14-15,24H,9-10,23H2,1-4H3/t14-,15+/m1/s1. The van der Waals surface area contributed by atoms with Crippen LogP contribution >= 0.6 is 0 Å². The summed E-state index contributed by atoms with van der Waals surface area (Å²) in [7, 11) is -1.83. The number of benzene rings is 2. The number of aromatic hydroxyl groups is 1. The molecule has 0 fully saturated rings. The number of phenols is 1. The highest BCUT2D eigenvalue weighted by atomic mass is 28.4. The number of phenolic OH excluding ortho intramolecular Hbond substituents is 1. The molecule has 2 aliphatic rings. The molecule has 0 amide bonds. The molecule has 2 aromatic rings. The van der Waals surface area contributed by atoms with Crippen molar-refractivity contribution in [1.82, 2.24) is 0 Å². The number of carbonyl (C=O) groups excluding carboxylic acids is 2. The molecule has 4 rings (SSSR count). The first-order valence-corrected chi connectivity index (χ1v) is 13.0. The van der Waals surface area contributed by atoms with E-state index in [1.807, 2.05) is 6.92 Å². The number of anilines is 1. The second kappa shape index (κ2) is 6.20. The van der Waals surface area contributed by atoms with Crippen LogP contribution in [0.1, 0.15) is 40.5 Å². The number of ketones is 2. The SMILES string of the molecule is CC1=C(O[Si](C)(C)C)C[C@@H]2C(=O)c3c(c(O)c4ccccc4c3N)C(=O)[C@@H]2C1. The van der Waals surface area contributed by atoms with Gasteiger partial charge >= 0.3 is 0 Å². The summed E-state index contributed by atoms with van der Waals surface area (Å²) in [5.41, 5.74) is 7.88. The van der Waals surface area contributed by atoms with Crippen LogP contribution in [-0.4, -0.2) is 25.0 Å². The summed E-state index contributed by atoms with van der Waals surface area (Å²) in [5, 5.41) is 11.9. The summed E-state index contributed by atoms with van der Waals surface area (Å²) < 4.78 is 6.21. The van der Waals surface area contributed by atoms with E-state index in [2.05, 4.69) is 19.6 Å². The molecule has 0 spiro atoms. The summed E-state index contributed by atoms with van der Waals surface area (Å²) in [6.45, 7) is 8.27. The molecule has 6 heteroatoms. The molecule has 0 radical (unpaired) electrons. The third-order valence-corrected chi connectivity index (χ3v) is 6.58. The molecule has 0 bridgehead atoms. The second-order valence-corrected chi connectivity index (χ2v) is 13.3. The van der Waals surface area contributed by atoms with E-state index in [1.165, 1.54) is 0 Å². The van der Waals surface area contributed by atoms with Crippen molar-refractivity contribution in [1.29, 1.82) is 0 Å². The number of nitrogen functional groups attached to an aromatic ring is 1. The summed E-state index contributed by atoms with van der Waals surface area (Å²) in [6.07, 6.45) is 0.887. The lowest BCUT2D eigenvalue weighted by atomic mass is 9.66. The van der Waals surface area contributed by atoms with E-state index in [0.717, 1.165) is 11.3 Å². The van der Waals surface area contributed by atoms with E-state index < -0.39 is 20.2 Å². The number of Topliss-reactive ketones (excluding diaryl/α,β-unsaturated/α-hetero) is 2. The average molecular weight is 396 g/mol. The van der Waals surface area contributed by atoms with E-state index >= 15 is 0 Å². The molecular formula is C22H25NO4Si. The monoisotopic (exact) mass is 395 g/mol. The summed E-state index contributed by atoms with van der Waals surface area (Å²) >= 11 is 0. The fourth-order valence-corrected chi connectivity index (χ4v) is 5.46. The Bertz CT molecular complexity index is 1060. The number of nitrogens with two attached hydrogens (primary N) is 1. The largest absolute Gasteiger partial charge is 0.547 e. The van der Waals surface area contributed by atoms with Gasteiger partial charge in [-0.1, -0.05) is 24.3 Å². The Balaban J connectivity index is 1.87. The third-order valence-electron chi connectivity index (χ3n) is 5.72. The minimum atomic E-state index is -1.83. The number of hydrogen-bond donors (Lipinski definition) is 2.